The molecule has 1 N–H and O–H groups in total. The van der Waals surface area contributed by atoms with Crippen LogP contribution in [-0.4, -0.2) is 45.4 Å². The zero-order chi connectivity index (χ0) is 13.5. The van der Waals surface area contributed by atoms with E-state index in [1.165, 1.54) is 0 Å². The molecule has 1 rings (SSSR count). The average Bonchev–Trinajstić information content (AvgIpc) is 2.82. The van der Waals surface area contributed by atoms with Crippen molar-refractivity contribution in [1.82, 2.24) is 14.7 Å². The Kier molecular flexibility index (Phi) is 5.85. The smallest absolute Gasteiger partial charge is 0.272 e. The summed E-state index contributed by atoms with van der Waals surface area (Å²) < 4.78 is 1.75. The van der Waals surface area contributed by atoms with Gasteiger partial charge in [-0.05, 0) is 32.8 Å². The quantitative estimate of drug-likeness (QED) is 0.797. The third kappa shape index (κ3) is 3.32. The second-order valence-electron chi connectivity index (χ2n) is 4.15. The van der Waals surface area contributed by atoms with Crippen LogP contribution in [0.3, 0.4) is 0 Å². The van der Waals surface area contributed by atoms with Crippen LogP contribution >= 0.6 is 0 Å². The van der Waals surface area contributed by atoms with Gasteiger partial charge < -0.3 is 10.0 Å². The van der Waals surface area contributed by atoms with Gasteiger partial charge in [-0.25, -0.2) is 0 Å². The van der Waals surface area contributed by atoms with Crippen LogP contribution in [-0.2, 0) is 13.0 Å². The number of aryl methyl sites for hydroxylation is 2. The van der Waals surface area contributed by atoms with Gasteiger partial charge in [0.2, 0.25) is 0 Å². The lowest BCUT2D eigenvalue weighted by atomic mass is 10.2. The zero-order valence-electron chi connectivity index (χ0n) is 11.5. The lowest BCUT2D eigenvalue weighted by molar-refractivity contribution is 0.0742. The maximum atomic E-state index is 12.4. The molecule has 0 spiro atoms. The van der Waals surface area contributed by atoms with Crippen LogP contribution < -0.4 is 0 Å². The van der Waals surface area contributed by atoms with E-state index in [1.54, 1.807) is 9.58 Å². The molecule has 0 unspecified atom stereocenters. The van der Waals surface area contributed by atoms with Crippen LogP contribution in [0.4, 0.5) is 0 Å². The molecule has 0 aliphatic rings. The number of aliphatic hydroxyl groups excluding tert-OH is 1. The van der Waals surface area contributed by atoms with Gasteiger partial charge in [-0.3, -0.25) is 9.48 Å². The first-order valence-electron chi connectivity index (χ1n) is 6.64. The molecule has 102 valence electrons. The van der Waals surface area contributed by atoms with E-state index in [4.69, 9.17) is 5.11 Å². The minimum Gasteiger partial charge on any atom is -0.396 e. The van der Waals surface area contributed by atoms with Gasteiger partial charge in [0.25, 0.3) is 5.91 Å². The first kappa shape index (κ1) is 14.7. The number of hydrogen-bond donors (Lipinski definition) is 1. The summed E-state index contributed by atoms with van der Waals surface area (Å²) in [7, 11) is 0. The predicted molar refractivity (Wildman–Crippen MR) is 70.6 cm³/mol. The summed E-state index contributed by atoms with van der Waals surface area (Å²) in [5.74, 6) is 0.000000000000000444. The van der Waals surface area contributed by atoms with E-state index in [2.05, 4.69) is 5.10 Å². The standard InChI is InChI=1S/C13H23N3O2/c1-4-11-10-12(16(6-3)14-11)13(18)15(5-2)8-7-9-17/h10,17H,4-9H2,1-3H3. The lowest BCUT2D eigenvalue weighted by Crippen LogP contribution is -2.33. The molecule has 0 saturated heterocycles. The molecule has 1 amide bonds. The number of carbonyl (C=O) groups excluding carboxylic acids is 1. The molecule has 0 bridgehead atoms. The van der Waals surface area contributed by atoms with E-state index in [0.717, 1.165) is 12.1 Å². The second-order valence-corrected chi connectivity index (χ2v) is 4.15. The highest BCUT2D eigenvalue weighted by molar-refractivity contribution is 5.92. The molecule has 0 aliphatic heterocycles. The minimum absolute atomic E-state index is 0.000000000000000444. The fraction of sp³-hybridized carbons (Fsp3) is 0.692. The van der Waals surface area contributed by atoms with Crippen LogP contribution in [0.2, 0.25) is 0 Å². The number of rotatable bonds is 7. The minimum atomic E-state index is 0.000000000000000444. The SMILES string of the molecule is CCc1cc(C(=O)N(CC)CCCO)n(CC)n1. The monoisotopic (exact) mass is 253 g/mol. The molecule has 1 heterocycles. The Morgan fingerprint density at radius 1 is 1.44 bits per heavy atom. The van der Waals surface area contributed by atoms with Crippen molar-refractivity contribution in [3.8, 4) is 0 Å². The Hall–Kier alpha value is -1.36. The molecular formula is C13H23N3O2. The van der Waals surface area contributed by atoms with Crippen molar-refractivity contribution in [2.24, 2.45) is 0 Å². The summed E-state index contributed by atoms with van der Waals surface area (Å²) in [6.07, 6.45) is 1.44. The highest BCUT2D eigenvalue weighted by Crippen LogP contribution is 2.09. The van der Waals surface area contributed by atoms with Crippen LogP contribution in [0.15, 0.2) is 6.07 Å². The van der Waals surface area contributed by atoms with Crippen molar-refractivity contribution in [3.05, 3.63) is 17.5 Å². The summed E-state index contributed by atoms with van der Waals surface area (Å²) in [5.41, 5.74) is 1.59. The van der Waals surface area contributed by atoms with Gasteiger partial charge in [-0.1, -0.05) is 6.92 Å². The summed E-state index contributed by atoms with van der Waals surface area (Å²) in [6, 6.07) is 1.87. The lowest BCUT2D eigenvalue weighted by Gasteiger charge is -2.20. The van der Waals surface area contributed by atoms with Crippen LogP contribution in [0.5, 0.6) is 0 Å². The van der Waals surface area contributed by atoms with Crippen LogP contribution in [0, 0.1) is 0 Å². The fourth-order valence-electron chi connectivity index (χ4n) is 1.88. The van der Waals surface area contributed by atoms with Crippen LogP contribution in [0.1, 0.15) is 43.4 Å². The molecule has 18 heavy (non-hydrogen) atoms. The largest absolute Gasteiger partial charge is 0.396 e. The third-order valence-corrected chi connectivity index (χ3v) is 2.97. The predicted octanol–water partition coefficient (Wildman–Crippen LogP) is 1.31. The second kappa shape index (κ2) is 7.16. The number of carbonyl (C=O) groups is 1. The van der Waals surface area contributed by atoms with E-state index < -0.39 is 0 Å². The molecule has 0 aromatic carbocycles. The highest BCUT2D eigenvalue weighted by Gasteiger charge is 2.19. The highest BCUT2D eigenvalue weighted by atomic mass is 16.3. The molecule has 0 radical (unpaired) electrons. The summed E-state index contributed by atoms with van der Waals surface area (Å²) >= 11 is 0. The van der Waals surface area contributed by atoms with E-state index in [9.17, 15) is 4.79 Å². The van der Waals surface area contributed by atoms with Gasteiger partial charge in [0.1, 0.15) is 5.69 Å². The van der Waals surface area contributed by atoms with Crippen molar-refractivity contribution in [2.45, 2.75) is 40.2 Å². The number of aromatic nitrogens is 2. The maximum Gasteiger partial charge on any atom is 0.272 e. The molecular weight excluding hydrogens is 230 g/mol. The number of aliphatic hydroxyl groups is 1. The molecule has 1 aromatic heterocycles. The van der Waals surface area contributed by atoms with Gasteiger partial charge in [0.05, 0.1) is 5.69 Å². The molecule has 0 saturated carbocycles. The summed E-state index contributed by atoms with van der Waals surface area (Å²) in [4.78, 5) is 14.1. The number of amides is 1. The van der Waals surface area contributed by atoms with Gasteiger partial charge in [-0.15, -0.1) is 0 Å². The van der Waals surface area contributed by atoms with Gasteiger partial charge in [0, 0.05) is 26.2 Å². The Bertz CT molecular complexity index is 388. The number of nitrogens with zero attached hydrogens (tertiary/aromatic N) is 3. The number of hydrogen-bond acceptors (Lipinski definition) is 3. The first-order valence-corrected chi connectivity index (χ1v) is 6.64. The van der Waals surface area contributed by atoms with Gasteiger partial charge >= 0.3 is 0 Å². The van der Waals surface area contributed by atoms with Crippen molar-refractivity contribution in [1.29, 1.82) is 0 Å². The Morgan fingerprint density at radius 3 is 2.67 bits per heavy atom. The molecule has 0 fully saturated rings. The van der Waals surface area contributed by atoms with E-state index in [-0.39, 0.29) is 12.5 Å². The topological polar surface area (TPSA) is 58.4 Å². The van der Waals surface area contributed by atoms with Crippen molar-refractivity contribution < 1.29 is 9.90 Å². The van der Waals surface area contributed by atoms with E-state index >= 15 is 0 Å². The van der Waals surface area contributed by atoms with Crippen molar-refractivity contribution in [2.75, 3.05) is 19.7 Å². The molecule has 5 nitrogen and oxygen atoms in total. The summed E-state index contributed by atoms with van der Waals surface area (Å²) in [5, 5.41) is 13.2. The Labute approximate surface area is 108 Å². The Balaban J connectivity index is 2.89. The normalized spacial score (nSPS) is 10.7. The maximum absolute atomic E-state index is 12.4. The molecule has 0 aliphatic carbocycles. The van der Waals surface area contributed by atoms with E-state index in [1.807, 2.05) is 26.8 Å². The molecule has 0 atom stereocenters. The first-order chi connectivity index (χ1) is 8.67. The molecule has 1 aromatic rings. The Morgan fingerprint density at radius 2 is 2.17 bits per heavy atom. The van der Waals surface area contributed by atoms with Crippen molar-refractivity contribution >= 4 is 5.91 Å². The fourth-order valence-corrected chi connectivity index (χ4v) is 1.88. The van der Waals surface area contributed by atoms with Gasteiger partial charge in [-0.2, -0.15) is 5.10 Å². The molecule has 5 heteroatoms. The van der Waals surface area contributed by atoms with E-state index in [0.29, 0.717) is 31.7 Å². The summed E-state index contributed by atoms with van der Waals surface area (Å²) in [6.45, 7) is 7.99. The third-order valence-electron chi connectivity index (χ3n) is 2.97. The van der Waals surface area contributed by atoms with Crippen molar-refractivity contribution in [3.63, 3.8) is 0 Å². The van der Waals surface area contributed by atoms with Gasteiger partial charge in [0.15, 0.2) is 0 Å². The zero-order valence-corrected chi connectivity index (χ0v) is 11.5. The average molecular weight is 253 g/mol. The van der Waals surface area contributed by atoms with Crippen LogP contribution in [0.25, 0.3) is 0 Å².